The van der Waals surface area contributed by atoms with Crippen molar-refractivity contribution in [3.8, 4) is 5.75 Å². The molecular formula is C16H13ClN2O3. The number of carbonyl (C=O) groups excluding carboxylic acids is 1. The minimum atomic E-state index is -0.392. The number of methoxy groups -OCH3 is 1. The number of aryl methyl sites for hydroxylation is 1. The standard InChI is InChI=1S/C16H13ClN2O3/c1-9-3-5-14-12(18-9)8-15(22-14)16(20)19-11-7-10(17)4-6-13(11)21-2/h3-8H,1-2H3,(H,19,20). The number of nitrogens with zero attached hydrogens (tertiary/aromatic N) is 1. The molecule has 2 aromatic heterocycles. The molecule has 0 aliphatic carbocycles. The quantitative estimate of drug-likeness (QED) is 0.791. The third kappa shape index (κ3) is 2.76. The largest absolute Gasteiger partial charge is 0.495 e. The molecular weight excluding hydrogens is 304 g/mol. The lowest BCUT2D eigenvalue weighted by Crippen LogP contribution is -2.11. The van der Waals surface area contributed by atoms with Crippen LogP contribution in [-0.2, 0) is 0 Å². The van der Waals surface area contributed by atoms with Crippen LogP contribution in [0.2, 0.25) is 5.02 Å². The summed E-state index contributed by atoms with van der Waals surface area (Å²) in [6.07, 6.45) is 0. The summed E-state index contributed by atoms with van der Waals surface area (Å²) in [5, 5.41) is 3.22. The Morgan fingerprint density at radius 3 is 2.86 bits per heavy atom. The molecule has 0 bridgehead atoms. The second-order valence-corrected chi connectivity index (χ2v) is 5.18. The monoisotopic (exact) mass is 316 g/mol. The lowest BCUT2D eigenvalue weighted by molar-refractivity contribution is 0.0998. The molecule has 1 amide bonds. The maximum absolute atomic E-state index is 12.3. The Hall–Kier alpha value is -2.53. The van der Waals surface area contributed by atoms with Crippen LogP contribution in [0.25, 0.3) is 11.1 Å². The van der Waals surface area contributed by atoms with Crippen molar-refractivity contribution >= 4 is 34.3 Å². The Labute approximate surface area is 131 Å². The van der Waals surface area contributed by atoms with E-state index in [2.05, 4.69) is 10.3 Å². The van der Waals surface area contributed by atoms with Crippen molar-refractivity contribution in [2.75, 3.05) is 12.4 Å². The van der Waals surface area contributed by atoms with Gasteiger partial charge in [0.1, 0.15) is 11.3 Å². The Morgan fingerprint density at radius 2 is 2.09 bits per heavy atom. The molecule has 1 N–H and O–H groups in total. The molecule has 0 aliphatic rings. The second-order valence-electron chi connectivity index (χ2n) is 4.75. The number of nitrogens with one attached hydrogen (secondary N) is 1. The average molecular weight is 317 g/mol. The van der Waals surface area contributed by atoms with E-state index in [4.69, 9.17) is 20.8 Å². The zero-order chi connectivity index (χ0) is 15.7. The van der Waals surface area contributed by atoms with Crippen LogP contribution >= 0.6 is 11.6 Å². The summed E-state index contributed by atoms with van der Waals surface area (Å²) in [6.45, 7) is 1.88. The first-order valence-corrected chi connectivity index (χ1v) is 6.96. The first-order valence-electron chi connectivity index (χ1n) is 6.59. The molecule has 0 atom stereocenters. The molecule has 1 aromatic carbocycles. The number of halogens is 1. The summed E-state index contributed by atoms with van der Waals surface area (Å²) >= 11 is 5.94. The predicted octanol–water partition coefficient (Wildman–Crippen LogP) is 4.05. The Bertz CT molecular complexity index is 858. The molecule has 0 spiro atoms. The Balaban J connectivity index is 1.91. The molecule has 2 heterocycles. The van der Waals surface area contributed by atoms with Gasteiger partial charge in [0.25, 0.3) is 5.91 Å². The number of hydrogen-bond acceptors (Lipinski definition) is 4. The van der Waals surface area contributed by atoms with Crippen molar-refractivity contribution in [1.29, 1.82) is 0 Å². The van der Waals surface area contributed by atoms with Crippen LogP contribution in [0.1, 0.15) is 16.2 Å². The highest BCUT2D eigenvalue weighted by Gasteiger charge is 2.15. The first-order chi connectivity index (χ1) is 10.6. The van der Waals surface area contributed by atoms with Crippen molar-refractivity contribution in [3.05, 3.63) is 52.9 Å². The molecule has 5 nitrogen and oxygen atoms in total. The number of aromatic nitrogens is 1. The maximum atomic E-state index is 12.3. The number of amides is 1. The lowest BCUT2D eigenvalue weighted by Gasteiger charge is -2.09. The van der Waals surface area contributed by atoms with Gasteiger partial charge in [-0.15, -0.1) is 0 Å². The number of hydrogen-bond donors (Lipinski definition) is 1. The van der Waals surface area contributed by atoms with Crippen LogP contribution in [0.15, 0.2) is 40.8 Å². The zero-order valence-electron chi connectivity index (χ0n) is 12.0. The van der Waals surface area contributed by atoms with Gasteiger partial charge in [-0.05, 0) is 37.3 Å². The fourth-order valence-electron chi connectivity index (χ4n) is 2.10. The number of anilines is 1. The number of rotatable bonds is 3. The topological polar surface area (TPSA) is 64.4 Å². The summed E-state index contributed by atoms with van der Waals surface area (Å²) in [7, 11) is 1.52. The molecule has 3 aromatic rings. The van der Waals surface area contributed by atoms with Crippen molar-refractivity contribution in [2.24, 2.45) is 0 Å². The van der Waals surface area contributed by atoms with E-state index in [1.54, 1.807) is 30.3 Å². The number of carbonyl (C=O) groups is 1. The third-order valence-electron chi connectivity index (χ3n) is 3.15. The number of furan rings is 1. The highest BCUT2D eigenvalue weighted by Crippen LogP contribution is 2.28. The number of benzene rings is 1. The minimum Gasteiger partial charge on any atom is -0.495 e. The number of fused-ring (bicyclic) bond motifs is 1. The normalized spacial score (nSPS) is 10.7. The van der Waals surface area contributed by atoms with Crippen LogP contribution < -0.4 is 10.1 Å². The summed E-state index contributed by atoms with van der Waals surface area (Å²) < 4.78 is 10.7. The summed E-state index contributed by atoms with van der Waals surface area (Å²) in [6, 6.07) is 10.2. The number of pyridine rings is 1. The molecule has 0 radical (unpaired) electrons. The minimum absolute atomic E-state index is 0.176. The fraction of sp³-hybridized carbons (Fsp3) is 0.125. The van der Waals surface area contributed by atoms with Gasteiger partial charge in [-0.1, -0.05) is 11.6 Å². The maximum Gasteiger partial charge on any atom is 0.291 e. The first kappa shape index (κ1) is 14.4. The van der Waals surface area contributed by atoms with Gasteiger partial charge in [0, 0.05) is 16.8 Å². The summed E-state index contributed by atoms with van der Waals surface area (Å²) in [4.78, 5) is 16.6. The molecule has 112 valence electrons. The van der Waals surface area contributed by atoms with E-state index in [0.717, 1.165) is 5.69 Å². The van der Waals surface area contributed by atoms with Crippen LogP contribution in [-0.4, -0.2) is 18.0 Å². The van der Waals surface area contributed by atoms with Crippen LogP contribution in [0, 0.1) is 6.92 Å². The van der Waals surface area contributed by atoms with Gasteiger partial charge in [0.05, 0.1) is 12.8 Å². The van der Waals surface area contributed by atoms with Crippen molar-refractivity contribution in [1.82, 2.24) is 4.98 Å². The van der Waals surface area contributed by atoms with Gasteiger partial charge in [-0.25, -0.2) is 4.98 Å². The molecule has 3 rings (SSSR count). The smallest absolute Gasteiger partial charge is 0.291 e. The molecule has 0 saturated heterocycles. The fourth-order valence-corrected chi connectivity index (χ4v) is 2.27. The number of ether oxygens (including phenoxy) is 1. The van der Waals surface area contributed by atoms with E-state index in [9.17, 15) is 4.79 Å². The summed E-state index contributed by atoms with van der Waals surface area (Å²) in [5.74, 6) is 0.300. The third-order valence-corrected chi connectivity index (χ3v) is 3.38. The highest BCUT2D eigenvalue weighted by atomic mass is 35.5. The molecule has 0 fully saturated rings. The second kappa shape index (κ2) is 5.69. The van der Waals surface area contributed by atoms with Gasteiger partial charge in [-0.2, -0.15) is 0 Å². The van der Waals surface area contributed by atoms with Crippen molar-refractivity contribution in [2.45, 2.75) is 6.92 Å². The predicted molar refractivity (Wildman–Crippen MR) is 84.7 cm³/mol. The van der Waals surface area contributed by atoms with E-state index < -0.39 is 5.91 Å². The summed E-state index contributed by atoms with van der Waals surface area (Å²) in [5.41, 5.74) is 2.54. The van der Waals surface area contributed by atoms with Crippen LogP contribution in [0.3, 0.4) is 0 Å². The average Bonchev–Trinajstić information content (AvgIpc) is 2.90. The van der Waals surface area contributed by atoms with Gasteiger partial charge >= 0.3 is 0 Å². The van der Waals surface area contributed by atoms with Crippen molar-refractivity contribution < 1.29 is 13.9 Å². The van der Waals surface area contributed by atoms with Gasteiger partial charge in [0.15, 0.2) is 11.3 Å². The van der Waals surface area contributed by atoms with Crippen LogP contribution in [0.5, 0.6) is 5.75 Å². The van der Waals surface area contributed by atoms with E-state index in [1.807, 2.05) is 13.0 Å². The van der Waals surface area contributed by atoms with E-state index >= 15 is 0 Å². The molecule has 0 aliphatic heterocycles. The van der Waals surface area contributed by atoms with E-state index in [1.165, 1.54) is 7.11 Å². The van der Waals surface area contributed by atoms with Gasteiger partial charge in [-0.3, -0.25) is 4.79 Å². The van der Waals surface area contributed by atoms with Gasteiger partial charge in [0.2, 0.25) is 0 Å². The lowest BCUT2D eigenvalue weighted by atomic mass is 10.2. The molecule has 6 heteroatoms. The molecule has 0 unspecified atom stereocenters. The van der Waals surface area contributed by atoms with Gasteiger partial charge < -0.3 is 14.5 Å². The zero-order valence-corrected chi connectivity index (χ0v) is 12.8. The Kier molecular flexibility index (Phi) is 3.73. The van der Waals surface area contributed by atoms with E-state index in [0.29, 0.717) is 27.6 Å². The Morgan fingerprint density at radius 1 is 1.27 bits per heavy atom. The molecule has 0 saturated carbocycles. The van der Waals surface area contributed by atoms with Crippen LogP contribution in [0.4, 0.5) is 5.69 Å². The van der Waals surface area contributed by atoms with E-state index in [-0.39, 0.29) is 5.76 Å². The van der Waals surface area contributed by atoms with Crippen molar-refractivity contribution in [3.63, 3.8) is 0 Å². The SMILES string of the molecule is COc1ccc(Cl)cc1NC(=O)c1cc2nc(C)ccc2o1. The highest BCUT2D eigenvalue weighted by molar-refractivity contribution is 6.31. The molecule has 22 heavy (non-hydrogen) atoms.